The molecule has 2 N–H and O–H groups in total. The lowest BCUT2D eigenvalue weighted by atomic mass is 10.2. The monoisotopic (exact) mass is 354 g/mol. The second-order valence-electron chi connectivity index (χ2n) is 5.07. The van der Waals surface area contributed by atoms with E-state index in [9.17, 15) is 9.59 Å². The quantitative estimate of drug-likeness (QED) is 0.749. The summed E-state index contributed by atoms with van der Waals surface area (Å²) in [5.41, 5.74) is 1.27. The summed E-state index contributed by atoms with van der Waals surface area (Å²) >= 11 is 7.26. The predicted octanol–water partition coefficient (Wildman–Crippen LogP) is 3.06. The number of hydrogen-bond acceptors (Lipinski definition) is 4. The number of carbonyl (C=O) groups is 1. The van der Waals surface area contributed by atoms with Crippen LogP contribution in [0.1, 0.15) is 25.3 Å². The maximum absolute atomic E-state index is 12.1. The molecule has 1 amide bonds. The molecule has 2 rings (SSSR count). The first-order valence-corrected chi connectivity index (χ1v) is 8.72. The van der Waals surface area contributed by atoms with Crippen LogP contribution in [-0.2, 0) is 11.3 Å². The Morgan fingerprint density at radius 1 is 1.48 bits per heavy atom. The number of anilines is 1. The minimum atomic E-state index is -0.243. The van der Waals surface area contributed by atoms with E-state index < -0.39 is 0 Å². The lowest BCUT2D eigenvalue weighted by Crippen LogP contribution is -2.19. The van der Waals surface area contributed by atoms with Gasteiger partial charge in [-0.15, -0.1) is 5.10 Å². The molecule has 0 bridgehead atoms. The van der Waals surface area contributed by atoms with E-state index in [4.69, 9.17) is 11.6 Å². The average molecular weight is 355 g/mol. The van der Waals surface area contributed by atoms with Gasteiger partial charge in [-0.3, -0.25) is 9.36 Å². The summed E-state index contributed by atoms with van der Waals surface area (Å²) in [6.45, 7) is 4.50. The van der Waals surface area contributed by atoms with Crippen molar-refractivity contribution in [1.82, 2.24) is 14.8 Å². The number of benzene rings is 1. The van der Waals surface area contributed by atoms with E-state index in [1.54, 1.807) is 22.8 Å². The second-order valence-corrected chi connectivity index (χ2v) is 6.42. The minimum absolute atomic E-state index is 0.169. The Labute approximate surface area is 143 Å². The van der Waals surface area contributed by atoms with Crippen molar-refractivity contribution in [1.29, 1.82) is 0 Å². The normalized spacial score (nSPS) is 10.7. The van der Waals surface area contributed by atoms with Crippen molar-refractivity contribution in [2.24, 2.45) is 0 Å². The molecule has 0 spiro atoms. The fourth-order valence-electron chi connectivity index (χ4n) is 1.99. The maximum Gasteiger partial charge on any atom is 0.343 e. The van der Waals surface area contributed by atoms with Crippen LogP contribution in [0.2, 0.25) is 5.02 Å². The molecule has 0 saturated carbocycles. The fourth-order valence-corrected chi connectivity index (χ4v) is 2.93. The number of hydrogen-bond donors (Lipinski definition) is 2. The number of halogens is 1. The number of rotatable bonds is 7. The molecule has 0 unspecified atom stereocenters. The lowest BCUT2D eigenvalue weighted by Gasteiger charge is -2.09. The van der Waals surface area contributed by atoms with Crippen molar-refractivity contribution >= 4 is 35.0 Å². The first-order valence-electron chi connectivity index (χ1n) is 7.36. The van der Waals surface area contributed by atoms with Crippen LogP contribution >= 0.6 is 23.4 Å². The van der Waals surface area contributed by atoms with Gasteiger partial charge in [-0.2, -0.15) is 0 Å². The van der Waals surface area contributed by atoms with E-state index in [1.165, 1.54) is 11.8 Å². The number of nitrogens with zero attached hydrogens (tertiary/aromatic N) is 2. The van der Waals surface area contributed by atoms with Gasteiger partial charge in [-0.1, -0.05) is 42.8 Å². The number of carbonyl (C=O) groups excluding carboxylic acids is 1. The SMILES string of the molecule is CCCCn1c(SCC(=O)Nc2cccc(Cl)c2C)n[nH]c1=O. The van der Waals surface area contributed by atoms with E-state index in [2.05, 4.69) is 22.4 Å². The molecule has 0 fully saturated rings. The third-order valence-corrected chi connectivity index (χ3v) is 4.72. The molecule has 0 saturated heterocycles. The summed E-state index contributed by atoms with van der Waals surface area (Å²) in [7, 11) is 0. The van der Waals surface area contributed by atoms with Gasteiger partial charge >= 0.3 is 5.69 Å². The van der Waals surface area contributed by atoms with Gasteiger partial charge in [0.15, 0.2) is 5.16 Å². The van der Waals surface area contributed by atoms with Gasteiger partial charge in [0.25, 0.3) is 0 Å². The number of amides is 1. The molecule has 8 heteroatoms. The van der Waals surface area contributed by atoms with Gasteiger partial charge < -0.3 is 5.32 Å². The van der Waals surface area contributed by atoms with Crippen LogP contribution < -0.4 is 11.0 Å². The fraction of sp³-hybridized carbons (Fsp3) is 0.400. The van der Waals surface area contributed by atoms with Crippen molar-refractivity contribution in [3.05, 3.63) is 39.3 Å². The Kier molecular flexibility index (Phi) is 6.29. The van der Waals surface area contributed by atoms with E-state index in [-0.39, 0.29) is 17.3 Å². The zero-order valence-electron chi connectivity index (χ0n) is 13.1. The van der Waals surface area contributed by atoms with Crippen molar-refractivity contribution < 1.29 is 4.79 Å². The summed E-state index contributed by atoms with van der Waals surface area (Å²) in [6, 6.07) is 5.36. The van der Waals surface area contributed by atoms with Crippen molar-refractivity contribution in [2.75, 3.05) is 11.1 Å². The van der Waals surface area contributed by atoms with Gasteiger partial charge in [-0.05, 0) is 31.0 Å². The summed E-state index contributed by atoms with van der Waals surface area (Å²) < 4.78 is 1.56. The number of aromatic nitrogens is 3. The zero-order valence-corrected chi connectivity index (χ0v) is 14.6. The summed E-state index contributed by atoms with van der Waals surface area (Å²) in [5.74, 6) is 0.000369. The van der Waals surface area contributed by atoms with E-state index in [0.29, 0.717) is 22.4 Å². The van der Waals surface area contributed by atoms with Gasteiger partial charge in [0.2, 0.25) is 5.91 Å². The highest BCUT2D eigenvalue weighted by Crippen LogP contribution is 2.23. The van der Waals surface area contributed by atoms with Crippen LogP contribution in [-0.4, -0.2) is 26.4 Å². The zero-order chi connectivity index (χ0) is 16.8. The summed E-state index contributed by atoms with van der Waals surface area (Å²) in [6.07, 6.45) is 1.87. The standard InChI is InChI=1S/C15H19ClN4O2S/c1-3-4-8-20-14(22)18-19-15(20)23-9-13(21)17-12-7-5-6-11(16)10(12)2/h5-7H,3-4,8-9H2,1-2H3,(H,17,21)(H,18,22). The average Bonchev–Trinajstić information content (AvgIpc) is 2.88. The molecule has 1 aromatic heterocycles. The van der Waals surface area contributed by atoms with Gasteiger partial charge in [-0.25, -0.2) is 9.89 Å². The number of thioether (sulfide) groups is 1. The van der Waals surface area contributed by atoms with Crippen LogP contribution in [0.5, 0.6) is 0 Å². The Morgan fingerprint density at radius 3 is 3.00 bits per heavy atom. The molecular formula is C15H19ClN4O2S. The van der Waals surface area contributed by atoms with Crippen LogP contribution in [0.4, 0.5) is 5.69 Å². The van der Waals surface area contributed by atoms with Gasteiger partial charge in [0.05, 0.1) is 5.75 Å². The third-order valence-electron chi connectivity index (χ3n) is 3.33. The number of aromatic amines is 1. The number of nitrogens with one attached hydrogen (secondary N) is 2. The molecule has 0 aliphatic heterocycles. The Bertz CT molecular complexity index is 741. The van der Waals surface area contributed by atoms with E-state index in [0.717, 1.165) is 18.4 Å². The predicted molar refractivity (Wildman–Crippen MR) is 93.3 cm³/mol. The smallest absolute Gasteiger partial charge is 0.325 e. The van der Waals surface area contributed by atoms with Crippen LogP contribution in [0.25, 0.3) is 0 Å². The Morgan fingerprint density at radius 2 is 2.26 bits per heavy atom. The molecule has 0 aliphatic rings. The molecule has 2 aromatic rings. The highest BCUT2D eigenvalue weighted by Gasteiger charge is 2.12. The molecule has 0 aliphatic carbocycles. The molecule has 23 heavy (non-hydrogen) atoms. The molecule has 0 radical (unpaired) electrons. The Hall–Kier alpha value is -1.73. The maximum atomic E-state index is 12.1. The first kappa shape index (κ1) is 17.6. The molecule has 6 nitrogen and oxygen atoms in total. The Balaban J connectivity index is 1.97. The van der Waals surface area contributed by atoms with E-state index >= 15 is 0 Å². The molecule has 124 valence electrons. The molecule has 0 atom stereocenters. The van der Waals surface area contributed by atoms with Crippen molar-refractivity contribution in [3.63, 3.8) is 0 Å². The lowest BCUT2D eigenvalue weighted by molar-refractivity contribution is -0.113. The molecule has 1 heterocycles. The van der Waals surface area contributed by atoms with Crippen LogP contribution in [0, 0.1) is 6.92 Å². The first-order chi connectivity index (χ1) is 11.0. The molecule has 1 aromatic carbocycles. The van der Waals surface area contributed by atoms with Crippen LogP contribution in [0.15, 0.2) is 28.2 Å². The largest absolute Gasteiger partial charge is 0.343 e. The number of unbranched alkanes of at least 4 members (excludes halogenated alkanes) is 1. The topological polar surface area (TPSA) is 79.8 Å². The summed E-state index contributed by atoms with van der Waals surface area (Å²) in [4.78, 5) is 23.8. The highest BCUT2D eigenvalue weighted by atomic mass is 35.5. The van der Waals surface area contributed by atoms with Gasteiger partial charge in [0.1, 0.15) is 0 Å². The van der Waals surface area contributed by atoms with Crippen molar-refractivity contribution in [3.8, 4) is 0 Å². The number of H-pyrrole nitrogens is 1. The third kappa shape index (κ3) is 4.62. The van der Waals surface area contributed by atoms with Crippen molar-refractivity contribution in [2.45, 2.75) is 38.4 Å². The van der Waals surface area contributed by atoms with E-state index in [1.807, 2.05) is 6.92 Å². The molecular weight excluding hydrogens is 336 g/mol. The summed E-state index contributed by atoms with van der Waals surface area (Å²) in [5, 5.41) is 10.3. The van der Waals surface area contributed by atoms with Gasteiger partial charge in [0, 0.05) is 17.3 Å². The second kappa shape index (κ2) is 8.21. The minimum Gasteiger partial charge on any atom is -0.325 e. The van der Waals surface area contributed by atoms with Crippen LogP contribution in [0.3, 0.4) is 0 Å². The highest BCUT2D eigenvalue weighted by molar-refractivity contribution is 7.99.